The fourth-order valence-electron chi connectivity index (χ4n) is 2.70. The van der Waals surface area contributed by atoms with Gasteiger partial charge >= 0.3 is 0 Å². The smallest absolute Gasteiger partial charge is 0.230 e. The number of carbonyl (C=O) groups excluding carboxylic acids is 1. The Labute approximate surface area is 164 Å². The van der Waals surface area contributed by atoms with E-state index in [2.05, 4.69) is 46.7 Å². The van der Waals surface area contributed by atoms with Gasteiger partial charge in [-0.15, -0.1) is 10.2 Å². The zero-order valence-corrected chi connectivity index (χ0v) is 16.5. The van der Waals surface area contributed by atoms with Crippen LogP contribution in [0.5, 0.6) is 0 Å². The molecule has 1 N–H and O–H groups in total. The van der Waals surface area contributed by atoms with Gasteiger partial charge in [0.05, 0.1) is 5.75 Å². The molecule has 1 aromatic heterocycles. The Kier molecular flexibility index (Phi) is 6.65. The van der Waals surface area contributed by atoms with Gasteiger partial charge in [-0.3, -0.25) is 9.36 Å². The number of aromatic nitrogens is 3. The Morgan fingerprint density at radius 1 is 1.04 bits per heavy atom. The lowest BCUT2D eigenvalue weighted by Crippen LogP contribution is -2.25. The van der Waals surface area contributed by atoms with Gasteiger partial charge in [-0.25, -0.2) is 0 Å². The van der Waals surface area contributed by atoms with Crippen molar-refractivity contribution in [3.63, 3.8) is 0 Å². The number of aryl methyl sites for hydroxylation is 1. The Morgan fingerprint density at radius 2 is 1.78 bits per heavy atom. The van der Waals surface area contributed by atoms with Crippen molar-refractivity contribution < 1.29 is 4.79 Å². The van der Waals surface area contributed by atoms with E-state index in [9.17, 15) is 4.79 Å². The maximum Gasteiger partial charge on any atom is 0.230 e. The maximum atomic E-state index is 12.0. The zero-order chi connectivity index (χ0) is 19.1. The minimum Gasteiger partial charge on any atom is -0.355 e. The molecule has 0 atom stereocenters. The summed E-state index contributed by atoms with van der Waals surface area (Å²) >= 11 is 1.40. The van der Waals surface area contributed by atoms with E-state index in [4.69, 9.17) is 0 Å². The SMILES string of the molecule is CCCNC(=O)CSc1nnc(-c2ccccc2)n1-c1ccc(CC)cc1. The molecule has 0 unspecified atom stereocenters. The van der Waals surface area contributed by atoms with Gasteiger partial charge in [0.25, 0.3) is 0 Å². The molecule has 5 nitrogen and oxygen atoms in total. The third kappa shape index (κ3) is 4.77. The third-order valence-electron chi connectivity index (χ3n) is 4.17. The number of rotatable bonds is 8. The van der Waals surface area contributed by atoms with Crippen LogP contribution in [0.1, 0.15) is 25.8 Å². The van der Waals surface area contributed by atoms with Gasteiger partial charge < -0.3 is 5.32 Å². The second-order valence-corrected chi connectivity index (χ2v) is 7.11. The Morgan fingerprint density at radius 3 is 2.44 bits per heavy atom. The van der Waals surface area contributed by atoms with Crippen LogP contribution in [0.25, 0.3) is 17.1 Å². The average molecular weight is 381 g/mol. The summed E-state index contributed by atoms with van der Waals surface area (Å²) in [5.41, 5.74) is 3.26. The van der Waals surface area contributed by atoms with Crippen LogP contribution < -0.4 is 5.32 Å². The van der Waals surface area contributed by atoms with E-state index in [1.165, 1.54) is 17.3 Å². The minimum atomic E-state index is 0.0130. The molecule has 0 fully saturated rings. The number of carbonyl (C=O) groups is 1. The maximum absolute atomic E-state index is 12.0. The molecular weight excluding hydrogens is 356 g/mol. The van der Waals surface area contributed by atoms with Crippen molar-refractivity contribution in [2.45, 2.75) is 31.8 Å². The van der Waals surface area contributed by atoms with Crippen LogP contribution in [-0.4, -0.2) is 33.0 Å². The fraction of sp³-hybridized carbons (Fsp3) is 0.286. The van der Waals surface area contributed by atoms with E-state index in [0.717, 1.165) is 29.9 Å². The molecule has 0 aliphatic carbocycles. The first-order valence-corrected chi connectivity index (χ1v) is 10.2. The number of thioether (sulfide) groups is 1. The molecule has 0 saturated carbocycles. The first kappa shape index (κ1) is 19.2. The number of hydrogen-bond donors (Lipinski definition) is 1. The van der Waals surface area contributed by atoms with Crippen molar-refractivity contribution in [2.24, 2.45) is 0 Å². The second-order valence-electron chi connectivity index (χ2n) is 6.17. The molecule has 0 spiro atoms. The van der Waals surface area contributed by atoms with Crippen molar-refractivity contribution >= 4 is 17.7 Å². The molecule has 6 heteroatoms. The third-order valence-corrected chi connectivity index (χ3v) is 5.10. The quantitative estimate of drug-likeness (QED) is 0.597. The fourth-order valence-corrected chi connectivity index (χ4v) is 3.48. The van der Waals surface area contributed by atoms with E-state index >= 15 is 0 Å². The highest BCUT2D eigenvalue weighted by atomic mass is 32.2. The van der Waals surface area contributed by atoms with Gasteiger partial charge in [-0.1, -0.05) is 68.1 Å². The van der Waals surface area contributed by atoms with Crippen molar-refractivity contribution in [2.75, 3.05) is 12.3 Å². The lowest BCUT2D eigenvalue weighted by Gasteiger charge is -2.11. The van der Waals surface area contributed by atoms with Crippen LogP contribution in [0, 0.1) is 0 Å². The van der Waals surface area contributed by atoms with E-state index in [1.807, 2.05) is 41.8 Å². The lowest BCUT2D eigenvalue weighted by molar-refractivity contribution is -0.118. The molecule has 140 valence electrons. The summed E-state index contributed by atoms with van der Waals surface area (Å²) in [5.74, 6) is 1.11. The number of nitrogens with one attached hydrogen (secondary N) is 1. The van der Waals surface area contributed by atoms with E-state index in [1.54, 1.807) is 0 Å². The van der Waals surface area contributed by atoms with E-state index in [0.29, 0.717) is 17.5 Å². The van der Waals surface area contributed by atoms with Crippen molar-refractivity contribution in [1.29, 1.82) is 0 Å². The van der Waals surface area contributed by atoms with Gasteiger partial charge in [0.1, 0.15) is 0 Å². The van der Waals surface area contributed by atoms with Gasteiger partial charge in [0.15, 0.2) is 11.0 Å². The molecule has 3 aromatic rings. The summed E-state index contributed by atoms with van der Waals surface area (Å²) in [7, 11) is 0. The summed E-state index contributed by atoms with van der Waals surface area (Å²) in [6, 6.07) is 18.4. The van der Waals surface area contributed by atoms with E-state index < -0.39 is 0 Å². The molecule has 0 radical (unpaired) electrons. The van der Waals surface area contributed by atoms with Crippen LogP contribution in [0.15, 0.2) is 59.8 Å². The molecule has 3 rings (SSSR count). The molecule has 0 aliphatic heterocycles. The molecule has 2 aromatic carbocycles. The summed E-state index contributed by atoms with van der Waals surface area (Å²) in [6.45, 7) is 4.87. The van der Waals surface area contributed by atoms with Crippen LogP contribution in [-0.2, 0) is 11.2 Å². The van der Waals surface area contributed by atoms with Gasteiger partial charge in [-0.2, -0.15) is 0 Å². The lowest BCUT2D eigenvalue weighted by atomic mass is 10.1. The van der Waals surface area contributed by atoms with E-state index in [-0.39, 0.29) is 5.91 Å². The number of hydrogen-bond acceptors (Lipinski definition) is 4. The molecular formula is C21H24N4OS. The van der Waals surface area contributed by atoms with Gasteiger partial charge in [0.2, 0.25) is 5.91 Å². The zero-order valence-electron chi connectivity index (χ0n) is 15.7. The van der Waals surface area contributed by atoms with Crippen molar-refractivity contribution in [3.05, 3.63) is 60.2 Å². The highest BCUT2D eigenvalue weighted by molar-refractivity contribution is 7.99. The summed E-state index contributed by atoms with van der Waals surface area (Å²) in [4.78, 5) is 12.0. The van der Waals surface area contributed by atoms with Crippen molar-refractivity contribution in [3.8, 4) is 17.1 Å². The van der Waals surface area contributed by atoms with Gasteiger partial charge in [-0.05, 0) is 30.5 Å². The second kappa shape index (κ2) is 9.37. The highest BCUT2D eigenvalue weighted by Gasteiger charge is 2.17. The molecule has 1 heterocycles. The number of benzene rings is 2. The monoisotopic (exact) mass is 380 g/mol. The van der Waals surface area contributed by atoms with Crippen LogP contribution in [0.4, 0.5) is 0 Å². The Balaban J connectivity index is 1.93. The summed E-state index contributed by atoms with van der Waals surface area (Å²) in [5, 5.41) is 12.4. The molecule has 1 amide bonds. The number of nitrogens with zero attached hydrogens (tertiary/aromatic N) is 3. The Bertz CT molecular complexity index is 875. The average Bonchev–Trinajstić information content (AvgIpc) is 3.15. The predicted molar refractivity (Wildman–Crippen MR) is 110 cm³/mol. The first-order valence-electron chi connectivity index (χ1n) is 9.22. The summed E-state index contributed by atoms with van der Waals surface area (Å²) in [6.07, 6.45) is 1.92. The van der Waals surface area contributed by atoms with Crippen LogP contribution >= 0.6 is 11.8 Å². The molecule has 0 bridgehead atoms. The standard InChI is InChI=1S/C21H24N4OS/c1-3-14-22-19(26)15-27-21-24-23-20(17-8-6-5-7-9-17)25(21)18-12-10-16(4-2)11-13-18/h5-13H,3-4,14-15H2,1-2H3,(H,22,26). The summed E-state index contributed by atoms with van der Waals surface area (Å²) < 4.78 is 2.02. The van der Waals surface area contributed by atoms with Gasteiger partial charge in [0, 0.05) is 17.8 Å². The Hall–Kier alpha value is -2.60. The minimum absolute atomic E-state index is 0.0130. The molecule has 0 saturated heterocycles. The van der Waals surface area contributed by atoms with Crippen LogP contribution in [0.2, 0.25) is 0 Å². The topological polar surface area (TPSA) is 59.8 Å². The molecule has 0 aliphatic rings. The normalized spacial score (nSPS) is 10.7. The van der Waals surface area contributed by atoms with Crippen LogP contribution in [0.3, 0.4) is 0 Å². The molecule has 27 heavy (non-hydrogen) atoms. The number of amides is 1. The largest absolute Gasteiger partial charge is 0.355 e. The highest BCUT2D eigenvalue weighted by Crippen LogP contribution is 2.28. The predicted octanol–water partition coefficient (Wildman–Crippen LogP) is 4.12. The first-order chi connectivity index (χ1) is 13.2. The van der Waals surface area contributed by atoms with Crippen molar-refractivity contribution in [1.82, 2.24) is 20.1 Å².